The monoisotopic (exact) mass is 250 g/mol. The number of rotatable bonds is 5. The SMILES string of the molecule is Cc1ccc2sc(NCCOC(C)C)nc2c1. The maximum Gasteiger partial charge on any atom is 0.183 e. The Morgan fingerprint density at radius 1 is 1.41 bits per heavy atom. The minimum absolute atomic E-state index is 0.287. The van der Waals surface area contributed by atoms with Crippen molar-refractivity contribution >= 4 is 26.7 Å². The van der Waals surface area contributed by atoms with Gasteiger partial charge in [-0.05, 0) is 38.5 Å². The molecule has 1 N–H and O–H groups in total. The van der Waals surface area contributed by atoms with E-state index in [9.17, 15) is 0 Å². The number of ether oxygens (including phenoxy) is 1. The van der Waals surface area contributed by atoms with E-state index in [0.717, 1.165) is 17.2 Å². The zero-order valence-electron chi connectivity index (χ0n) is 10.5. The number of hydrogen-bond acceptors (Lipinski definition) is 4. The standard InChI is InChI=1S/C13H18N2OS/c1-9(2)16-7-6-14-13-15-11-8-10(3)4-5-12(11)17-13/h4-5,8-9H,6-7H2,1-3H3,(H,14,15). The summed E-state index contributed by atoms with van der Waals surface area (Å²) in [5, 5.41) is 4.26. The molecule has 2 aromatic rings. The lowest BCUT2D eigenvalue weighted by molar-refractivity contribution is 0.0870. The number of aromatic nitrogens is 1. The van der Waals surface area contributed by atoms with Gasteiger partial charge in [-0.25, -0.2) is 4.98 Å². The van der Waals surface area contributed by atoms with Crippen LogP contribution in [0.3, 0.4) is 0 Å². The molecule has 3 nitrogen and oxygen atoms in total. The van der Waals surface area contributed by atoms with Crippen LogP contribution in [-0.2, 0) is 4.74 Å². The van der Waals surface area contributed by atoms with Crippen molar-refractivity contribution in [2.75, 3.05) is 18.5 Å². The molecule has 2 rings (SSSR count). The molecule has 0 radical (unpaired) electrons. The average Bonchev–Trinajstić information content (AvgIpc) is 2.66. The van der Waals surface area contributed by atoms with Gasteiger partial charge in [-0.2, -0.15) is 0 Å². The molecule has 0 amide bonds. The molecule has 4 heteroatoms. The van der Waals surface area contributed by atoms with Gasteiger partial charge < -0.3 is 10.1 Å². The number of aryl methyl sites for hydroxylation is 1. The van der Waals surface area contributed by atoms with Crippen molar-refractivity contribution in [3.05, 3.63) is 23.8 Å². The molecule has 0 spiro atoms. The molecule has 92 valence electrons. The van der Waals surface area contributed by atoms with Crippen LogP contribution in [0.2, 0.25) is 0 Å². The van der Waals surface area contributed by atoms with Gasteiger partial charge in [-0.15, -0.1) is 0 Å². The quantitative estimate of drug-likeness (QED) is 0.825. The minimum Gasteiger partial charge on any atom is -0.377 e. The van der Waals surface area contributed by atoms with E-state index >= 15 is 0 Å². The van der Waals surface area contributed by atoms with E-state index < -0.39 is 0 Å². The largest absolute Gasteiger partial charge is 0.377 e. The summed E-state index contributed by atoms with van der Waals surface area (Å²) in [5.74, 6) is 0. The molecule has 0 unspecified atom stereocenters. The number of benzene rings is 1. The third-order valence-corrected chi connectivity index (χ3v) is 3.37. The fourth-order valence-corrected chi connectivity index (χ4v) is 2.44. The lowest BCUT2D eigenvalue weighted by Gasteiger charge is -2.07. The number of hydrogen-bond donors (Lipinski definition) is 1. The van der Waals surface area contributed by atoms with Crippen molar-refractivity contribution in [2.45, 2.75) is 26.9 Å². The highest BCUT2D eigenvalue weighted by Gasteiger charge is 2.03. The molecule has 1 aromatic heterocycles. The summed E-state index contributed by atoms with van der Waals surface area (Å²) >= 11 is 1.69. The average molecular weight is 250 g/mol. The molecule has 1 heterocycles. The fraction of sp³-hybridized carbons (Fsp3) is 0.462. The Hall–Kier alpha value is -1.13. The Balaban J connectivity index is 1.95. The molecule has 0 aliphatic carbocycles. The van der Waals surface area contributed by atoms with E-state index in [1.807, 2.05) is 13.8 Å². The van der Waals surface area contributed by atoms with Crippen LogP contribution in [0.25, 0.3) is 10.2 Å². The van der Waals surface area contributed by atoms with E-state index in [1.165, 1.54) is 10.3 Å². The predicted octanol–water partition coefficient (Wildman–Crippen LogP) is 3.44. The Morgan fingerprint density at radius 2 is 2.24 bits per heavy atom. The summed E-state index contributed by atoms with van der Waals surface area (Å²) in [6, 6.07) is 6.35. The molecular formula is C13H18N2OS. The number of thiazole rings is 1. The summed E-state index contributed by atoms with van der Waals surface area (Å²) in [7, 11) is 0. The van der Waals surface area contributed by atoms with Gasteiger partial charge >= 0.3 is 0 Å². The van der Waals surface area contributed by atoms with Gasteiger partial charge in [-0.3, -0.25) is 0 Å². The first kappa shape index (κ1) is 12.3. The Kier molecular flexibility index (Phi) is 3.97. The number of nitrogens with zero attached hydrogens (tertiary/aromatic N) is 1. The van der Waals surface area contributed by atoms with Crippen LogP contribution in [-0.4, -0.2) is 24.2 Å². The van der Waals surface area contributed by atoms with Gasteiger partial charge in [0.25, 0.3) is 0 Å². The van der Waals surface area contributed by atoms with Gasteiger partial charge in [0.2, 0.25) is 0 Å². The molecular weight excluding hydrogens is 232 g/mol. The summed E-state index contributed by atoms with van der Waals surface area (Å²) < 4.78 is 6.70. The van der Waals surface area contributed by atoms with E-state index in [4.69, 9.17) is 4.74 Å². The van der Waals surface area contributed by atoms with Crippen molar-refractivity contribution in [2.24, 2.45) is 0 Å². The molecule has 0 fully saturated rings. The van der Waals surface area contributed by atoms with Crippen LogP contribution >= 0.6 is 11.3 Å². The first-order valence-corrected chi connectivity index (χ1v) is 6.69. The van der Waals surface area contributed by atoms with Crippen molar-refractivity contribution in [3.8, 4) is 0 Å². The minimum atomic E-state index is 0.287. The first-order chi connectivity index (χ1) is 8.15. The van der Waals surface area contributed by atoms with Crippen LogP contribution in [0.4, 0.5) is 5.13 Å². The molecule has 17 heavy (non-hydrogen) atoms. The molecule has 0 atom stereocenters. The highest BCUT2D eigenvalue weighted by atomic mass is 32.1. The third kappa shape index (κ3) is 3.41. The van der Waals surface area contributed by atoms with Gasteiger partial charge in [-0.1, -0.05) is 17.4 Å². The molecule has 0 saturated heterocycles. The predicted molar refractivity (Wildman–Crippen MR) is 73.9 cm³/mol. The Morgan fingerprint density at radius 3 is 3.00 bits per heavy atom. The summed E-state index contributed by atoms with van der Waals surface area (Å²) in [6.45, 7) is 7.69. The van der Waals surface area contributed by atoms with Gasteiger partial charge in [0.15, 0.2) is 5.13 Å². The lowest BCUT2D eigenvalue weighted by atomic mass is 10.2. The van der Waals surface area contributed by atoms with Gasteiger partial charge in [0.1, 0.15) is 0 Å². The second kappa shape index (κ2) is 5.47. The second-order valence-electron chi connectivity index (χ2n) is 4.34. The molecule has 0 aliphatic rings. The summed E-state index contributed by atoms with van der Waals surface area (Å²) in [6.07, 6.45) is 0.287. The van der Waals surface area contributed by atoms with Gasteiger partial charge in [0.05, 0.1) is 22.9 Å². The normalized spacial score (nSPS) is 11.3. The number of nitrogens with one attached hydrogen (secondary N) is 1. The van der Waals surface area contributed by atoms with Gasteiger partial charge in [0, 0.05) is 6.54 Å². The van der Waals surface area contributed by atoms with E-state index in [-0.39, 0.29) is 6.10 Å². The molecule has 0 bridgehead atoms. The van der Waals surface area contributed by atoms with Crippen LogP contribution in [0.1, 0.15) is 19.4 Å². The highest BCUT2D eigenvalue weighted by Crippen LogP contribution is 2.26. The number of fused-ring (bicyclic) bond motifs is 1. The zero-order valence-corrected chi connectivity index (χ0v) is 11.3. The van der Waals surface area contributed by atoms with E-state index in [2.05, 4.69) is 35.4 Å². The highest BCUT2D eigenvalue weighted by molar-refractivity contribution is 7.22. The Labute approximate surface area is 106 Å². The second-order valence-corrected chi connectivity index (χ2v) is 5.37. The molecule has 1 aromatic carbocycles. The van der Waals surface area contributed by atoms with Crippen molar-refractivity contribution in [3.63, 3.8) is 0 Å². The maximum atomic E-state index is 5.47. The maximum absolute atomic E-state index is 5.47. The lowest BCUT2D eigenvalue weighted by Crippen LogP contribution is -2.12. The van der Waals surface area contributed by atoms with Crippen LogP contribution in [0.5, 0.6) is 0 Å². The smallest absolute Gasteiger partial charge is 0.183 e. The Bertz CT molecular complexity index is 493. The van der Waals surface area contributed by atoms with E-state index in [1.54, 1.807) is 11.3 Å². The van der Waals surface area contributed by atoms with Crippen LogP contribution < -0.4 is 5.32 Å². The van der Waals surface area contributed by atoms with Crippen LogP contribution in [0, 0.1) is 6.92 Å². The van der Waals surface area contributed by atoms with Crippen LogP contribution in [0.15, 0.2) is 18.2 Å². The van der Waals surface area contributed by atoms with E-state index in [0.29, 0.717) is 6.61 Å². The first-order valence-electron chi connectivity index (χ1n) is 5.88. The third-order valence-electron chi connectivity index (χ3n) is 2.37. The van der Waals surface area contributed by atoms with Crippen molar-refractivity contribution in [1.82, 2.24) is 4.98 Å². The zero-order chi connectivity index (χ0) is 12.3. The van der Waals surface area contributed by atoms with Crippen molar-refractivity contribution in [1.29, 1.82) is 0 Å². The van der Waals surface area contributed by atoms with Crippen molar-refractivity contribution < 1.29 is 4.74 Å². The number of anilines is 1. The summed E-state index contributed by atoms with van der Waals surface area (Å²) in [5.41, 5.74) is 2.32. The summed E-state index contributed by atoms with van der Waals surface area (Å²) in [4.78, 5) is 4.54. The topological polar surface area (TPSA) is 34.1 Å². The molecule has 0 aliphatic heterocycles. The molecule has 0 saturated carbocycles. The fourth-order valence-electron chi connectivity index (χ4n) is 1.57.